The van der Waals surface area contributed by atoms with Crippen molar-refractivity contribution < 1.29 is 9.84 Å². The Labute approximate surface area is 74.9 Å². The van der Waals surface area contributed by atoms with Crippen LogP contribution in [0.15, 0.2) is 0 Å². The molecule has 0 spiro atoms. The molecule has 72 valence electrons. The molecule has 0 aliphatic heterocycles. The molecule has 0 heterocycles. The van der Waals surface area contributed by atoms with Crippen LogP contribution in [0.1, 0.15) is 38.5 Å². The fourth-order valence-electron chi connectivity index (χ4n) is 2.11. The maximum atomic E-state index is 9.31. The first kappa shape index (κ1) is 10.0. The Hall–Kier alpha value is -0.0800. The van der Waals surface area contributed by atoms with Crippen LogP contribution in [0.5, 0.6) is 0 Å². The van der Waals surface area contributed by atoms with Crippen LogP contribution in [0.3, 0.4) is 0 Å². The standard InChI is InChI=1S/C10H20O2/c1-12-8-7-10(9-11)5-3-2-4-6-10/h11H,2-9H2,1H3. The molecule has 1 rings (SSSR count). The number of ether oxygens (including phenoxy) is 1. The molecule has 0 amide bonds. The van der Waals surface area contributed by atoms with E-state index >= 15 is 0 Å². The van der Waals surface area contributed by atoms with E-state index in [-0.39, 0.29) is 5.41 Å². The zero-order valence-electron chi connectivity index (χ0n) is 8.01. The highest BCUT2D eigenvalue weighted by Gasteiger charge is 2.30. The summed E-state index contributed by atoms with van der Waals surface area (Å²) >= 11 is 0. The van der Waals surface area contributed by atoms with Gasteiger partial charge < -0.3 is 9.84 Å². The van der Waals surface area contributed by atoms with Gasteiger partial charge in [-0.1, -0.05) is 19.3 Å². The van der Waals surface area contributed by atoms with Crippen molar-refractivity contribution in [1.82, 2.24) is 0 Å². The van der Waals surface area contributed by atoms with Crippen LogP contribution in [0, 0.1) is 5.41 Å². The number of hydrogen-bond donors (Lipinski definition) is 1. The maximum Gasteiger partial charge on any atom is 0.0488 e. The number of rotatable bonds is 4. The molecule has 2 nitrogen and oxygen atoms in total. The second-order valence-corrected chi connectivity index (χ2v) is 3.96. The summed E-state index contributed by atoms with van der Waals surface area (Å²) < 4.78 is 5.06. The van der Waals surface area contributed by atoms with E-state index in [1.807, 2.05) is 0 Å². The lowest BCUT2D eigenvalue weighted by molar-refractivity contribution is 0.0445. The van der Waals surface area contributed by atoms with Gasteiger partial charge in [0.25, 0.3) is 0 Å². The van der Waals surface area contributed by atoms with Crippen LogP contribution in [0.2, 0.25) is 0 Å². The van der Waals surface area contributed by atoms with Crippen LogP contribution in [0.4, 0.5) is 0 Å². The number of aliphatic hydroxyl groups is 1. The Bertz CT molecular complexity index is 117. The summed E-state index contributed by atoms with van der Waals surface area (Å²) in [5, 5.41) is 9.31. The predicted molar refractivity (Wildman–Crippen MR) is 49.1 cm³/mol. The van der Waals surface area contributed by atoms with E-state index in [1.165, 1.54) is 32.1 Å². The monoisotopic (exact) mass is 172 g/mol. The van der Waals surface area contributed by atoms with Gasteiger partial charge in [-0.05, 0) is 24.7 Å². The van der Waals surface area contributed by atoms with Crippen molar-refractivity contribution in [2.75, 3.05) is 20.3 Å². The summed E-state index contributed by atoms with van der Waals surface area (Å²) in [7, 11) is 1.73. The number of methoxy groups -OCH3 is 1. The molecular formula is C10H20O2. The summed E-state index contributed by atoms with van der Waals surface area (Å²) in [5.74, 6) is 0. The van der Waals surface area contributed by atoms with Crippen LogP contribution >= 0.6 is 0 Å². The van der Waals surface area contributed by atoms with Gasteiger partial charge in [0.05, 0.1) is 0 Å². The lowest BCUT2D eigenvalue weighted by Crippen LogP contribution is -2.29. The summed E-state index contributed by atoms with van der Waals surface area (Å²) in [6, 6.07) is 0. The zero-order valence-corrected chi connectivity index (χ0v) is 8.01. The number of aliphatic hydroxyl groups excluding tert-OH is 1. The van der Waals surface area contributed by atoms with Crippen LogP contribution < -0.4 is 0 Å². The molecule has 0 unspecified atom stereocenters. The molecule has 0 radical (unpaired) electrons. The van der Waals surface area contributed by atoms with E-state index in [0.29, 0.717) is 6.61 Å². The quantitative estimate of drug-likeness (QED) is 0.702. The third kappa shape index (κ3) is 2.46. The van der Waals surface area contributed by atoms with Crippen molar-refractivity contribution in [3.63, 3.8) is 0 Å². The fraction of sp³-hybridized carbons (Fsp3) is 1.00. The average molecular weight is 172 g/mol. The third-order valence-corrected chi connectivity index (χ3v) is 3.09. The van der Waals surface area contributed by atoms with Crippen molar-refractivity contribution in [2.24, 2.45) is 5.41 Å². The highest BCUT2D eigenvalue weighted by Crippen LogP contribution is 2.38. The Kier molecular flexibility index (Phi) is 4.02. The zero-order chi connectivity index (χ0) is 8.86. The first-order chi connectivity index (χ1) is 5.83. The topological polar surface area (TPSA) is 29.5 Å². The summed E-state index contributed by atoms with van der Waals surface area (Å²) in [6.07, 6.45) is 7.31. The Balaban J connectivity index is 2.37. The minimum Gasteiger partial charge on any atom is -0.396 e. The molecule has 0 aromatic carbocycles. The first-order valence-corrected chi connectivity index (χ1v) is 4.93. The molecule has 0 bridgehead atoms. The van der Waals surface area contributed by atoms with E-state index in [1.54, 1.807) is 7.11 Å². The molecule has 1 N–H and O–H groups in total. The lowest BCUT2D eigenvalue weighted by atomic mass is 9.73. The normalized spacial score (nSPS) is 22.5. The van der Waals surface area contributed by atoms with Crippen molar-refractivity contribution >= 4 is 0 Å². The largest absolute Gasteiger partial charge is 0.396 e. The van der Waals surface area contributed by atoms with Crippen molar-refractivity contribution in [3.8, 4) is 0 Å². The van der Waals surface area contributed by atoms with Gasteiger partial charge in [-0.25, -0.2) is 0 Å². The lowest BCUT2D eigenvalue weighted by Gasteiger charge is -2.35. The smallest absolute Gasteiger partial charge is 0.0488 e. The average Bonchev–Trinajstić information content (AvgIpc) is 2.16. The van der Waals surface area contributed by atoms with Crippen molar-refractivity contribution in [3.05, 3.63) is 0 Å². The van der Waals surface area contributed by atoms with Gasteiger partial charge in [-0.15, -0.1) is 0 Å². The van der Waals surface area contributed by atoms with Crippen LogP contribution in [-0.2, 0) is 4.74 Å². The highest BCUT2D eigenvalue weighted by molar-refractivity contribution is 4.81. The van der Waals surface area contributed by atoms with E-state index in [4.69, 9.17) is 4.74 Å². The third-order valence-electron chi connectivity index (χ3n) is 3.09. The van der Waals surface area contributed by atoms with E-state index in [0.717, 1.165) is 13.0 Å². The van der Waals surface area contributed by atoms with Gasteiger partial charge in [0.15, 0.2) is 0 Å². The van der Waals surface area contributed by atoms with Crippen molar-refractivity contribution in [2.45, 2.75) is 38.5 Å². The van der Waals surface area contributed by atoms with Gasteiger partial charge in [0, 0.05) is 20.3 Å². The fourth-order valence-corrected chi connectivity index (χ4v) is 2.11. The molecule has 1 aliphatic carbocycles. The summed E-state index contributed by atoms with van der Waals surface area (Å²) in [4.78, 5) is 0. The van der Waals surface area contributed by atoms with E-state index < -0.39 is 0 Å². The van der Waals surface area contributed by atoms with Crippen LogP contribution in [0.25, 0.3) is 0 Å². The first-order valence-electron chi connectivity index (χ1n) is 4.93. The summed E-state index contributed by atoms with van der Waals surface area (Å²) in [6.45, 7) is 1.14. The molecule has 2 heteroatoms. The van der Waals surface area contributed by atoms with E-state index in [9.17, 15) is 5.11 Å². The van der Waals surface area contributed by atoms with Gasteiger partial charge in [-0.2, -0.15) is 0 Å². The van der Waals surface area contributed by atoms with Gasteiger partial charge in [-0.3, -0.25) is 0 Å². The maximum absolute atomic E-state index is 9.31. The highest BCUT2D eigenvalue weighted by atomic mass is 16.5. The second-order valence-electron chi connectivity index (χ2n) is 3.96. The molecule has 0 aromatic heterocycles. The van der Waals surface area contributed by atoms with Crippen molar-refractivity contribution in [1.29, 1.82) is 0 Å². The second kappa shape index (κ2) is 4.83. The minimum atomic E-state index is 0.203. The van der Waals surface area contributed by atoms with Gasteiger partial charge in [0.1, 0.15) is 0 Å². The minimum absolute atomic E-state index is 0.203. The Morgan fingerprint density at radius 1 is 1.25 bits per heavy atom. The van der Waals surface area contributed by atoms with E-state index in [2.05, 4.69) is 0 Å². The van der Waals surface area contributed by atoms with Crippen LogP contribution in [-0.4, -0.2) is 25.4 Å². The SMILES string of the molecule is COCCC1(CO)CCCCC1. The number of hydrogen-bond acceptors (Lipinski definition) is 2. The summed E-state index contributed by atoms with van der Waals surface area (Å²) in [5.41, 5.74) is 0.203. The predicted octanol–water partition coefficient (Wildman–Crippen LogP) is 1.97. The molecule has 12 heavy (non-hydrogen) atoms. The van der Waals surface area contributed by atoms with Gasteiger partial charge >= 0.3 is 0 Å². The Morgan fingerprint density at radius 3 is 2.42 bits per heavy atom. The van der Waals surface area contributed by atoms with Gasteiger partial charge in [0.2, 0.25) is 0 Å². The molecule has 0 saturated heterocycles. The molecule has 1 aliphatic rings. The molecule has 0 aromatic rings. The molecule has 0 atom stereocenters. The molecular weight excluding hydrogens is 152 g/mol. The Morgan fingerprint density at radius 2 is 1.92 bits per heavy atom. The molecule has 1 fully saturated rings. The molecule has 1 saturated carbocycles.